The van der Waals surface area contributed by atoms with Crippen molar-refractivity contribution in [3.05, 3.63) is 0 Å². The smallest absolute Gasteiger partial charge is 0.0122 e. The summed E-state index contributed by atoms with van der Waals surface area (Å²) in [6, 6.07) is 0. The van der Waals surface area contributed by atoms with Crippen LogP contribution in [-0.2, 0) is 0 Å². The monoisotopic (exact) mass is 171 g/mol. The lowest BCUT2D eigenvalue weighted by Crippen LogP contribution is -2.36. The predicted octanol–water partition coefficient (Wildman–Crippen LogP) is 3.20. The largest absolute Gasteiger partial charge is 0.315 e. The minimum Gasteiger partial charge on any atom is -0.315 e. The van der Waals surface area contributed by atoms with E-state index in [0.717, 1.165) is 5.92 Å². The fourth-order valence-corrected chi connectivity index (χ4v) is 1.39. The standard InChI is InChI=1S/C11H25N/c1-6-10(7-2)8-9-11(3,4)12-5/h10,12H,6-9H2,1-5H3. The van der Waals surface area contributed by atoms with E-state index in [9.17, 15) is 0 Å². The molecule has 0 spiro atoms. The van der Waals surface area contributed by atoms with Crippen LogP contribution in [0.25, 0.3) is 0 Å². The number of nitrogens with one attached hydrogen (secondary N) is 1. The van der Waals surface area contributed by atoms with Crippen LogP contribution < -0.4 is 5.32 Å². The van der Waals surface area contributed by atoms with E-state index >= 15 is 0 Å². The normalized spacial score (nSPS) is 12.5. The molecule has 1 N–H and O–H groups in total. The van der Waals surface area contributed by atoms with E-state index < -0.39 is 0 Å². The lowest BCUT2D eigenvalue weighted by atomic mass is 9.90. The Kier molecular flexibility index (Phi) is 5.56. The van der Waals surface area contributed by atoms with Gasteiger partial charge in [0.25, 0.3) is 0 Å². The van der Waals surface area contributed by atoms with Crippen LogP contribution >= 0.6 is 0 Å². The molecule has 0 atom stereocenters. The molecule has 0 aromatic heterocycles. The van der Waals surface area contributed by atoms with Crippen LogP contribution in [0, 0.1) is 5.92 Å². The van der Waals surface area contributed by atoms with Gasteiger partial charge in [0, 0.05) is 5.54 Å². The maximum atomic E-state index is 3.34. The van der Waals surface area contributed by atoms with Crippen molar-refractivity contribution >= 4 is 0 Å². The molecule has 0 aliphatic rings. The van der Waals surface area contributed by atoms with Crippen molar-refractivity contribution in [2.75, 3.05) is 7.05 Å². The maximum Gasteiger partial charge on any atom is 0.0122 e. The molecule has 0 heterocycles. The molecule has 0 saturated carbocycles. The van der Waals surface area contributed by atoms with Crippen molar-refractivity contribution in [2.24, 2.45) is 5.92 Å². The van der Waals surface area contributed by atoms with Crippen molar-refractivity contribution in [3.8, 4) is 0 Å². The zero-order valence-electron chi connectivity index (χ0n) is 9.41. The van der Waals surface area contributed by atoms with Crippen LogP contribution in [-0.4, -0.2) is 12.6 Å². The van der Waals surface area contributed by atoms with Crippen molar-refractivity contribution < 1.29 is 0 Å². The van der Waals surface area contributed by atoms with E-state index in [2.05, 4.69) is 33.0 Å². The molecule has 0 unspecified atom stereocenters. The Balaban J connectivity index is 3.65. The van der Waals surface area contributed by atoms with Crippen LogP contribution in [0.15, 0.2) is 0 Å². The van der Waals surface area contributed by atoms with Crippen LogP contribution in [0.3, 0.4) is 0 Å². The first kappa shape index (κ1) is 12.0. The zero-order valence-corrected chi connectivity index (χ0v) is 9.41. The molecule has 0 bridgehead atoms. The molecule has 0 saturated heterocycles. The lowest BCUT2D eigenvalue weighted by Gasteiger charge is -2.26. The minimum atomic E-state index is 0.322. The van der Waals surface area contributed by atoms with Crippen molar-refractivity contribution in [1.82, 2.24) is 5.32 Å². The van der Waals surface area contributed by atoms with Crippen molar-refractivity contribution in [1.29, 1.82) is 0 Å². The summed E-state index contributed by atoms with van der Waals surface area (Å²) in [5, 5.41) is 3.34. The summed E-state index contributed by atoms with van der Waals surface area (Å²) in [4.78, 5) is 0. The SMILES string of the molecule is CCC(CC)CCC(C)(C)NC. The maximum absolute atomic E-state index is 3.34. The van der Waals surface area contributed by atoms with Gasteiger partial charge >= 0.3 is 0 Å². The summed E-state index contributed by atoms with van der Waals surface area (Å²) < 4.78 is 0. The third kappa shape index (κ3) is 4.76. The lowest BCUT2D eigenvalue weighted by molar-refractivity contribution is 0.329. The highest BCUT2D eigenvalue weighted by atomic mass is 14.9. The van der Waals surface area contributed by atoms with Gasteiger partial charge in [0.05, 0.1) is 0 Å². The molecule has 0 radical (unpaired) electrons. The molecular formula is C11H25N. The predicted molar refractivity (Wildman–Crippen MR) is 56.4 cm³/mol. The van der Waals surface area contributed by atoms with E-state index in [1.54, 1.807) is 0 Å². The molecule has 74 valence electrons. The quantitative estimate of drug-likeness (QED) is 0.647. The molecule has 0 aliphatic heterocycles. The molecule has 0 amide bonds. The topological polar surface area (TPSA) is 12.0 Å². The Bertz CT molecular complexity index is 104. The molecule has 0 aromatic rings. The Morgan fingerprint density at radius 3 is 2.00 bits per heavy atom. The Labute approximate surface area is 77.9 Å². The summed E-state index contributed by atoms with van der Waals surface area (Å²) >= 11 is 0. The molecule has 0 rings (SSSR count). The van der Waals surface area contributed by atoms with Gasteiger partial charge < -0.3 is 5.32 Å². The highest BCUT2D eigenvalue weighted by Gasteiger charge is 2.15. The zero-order chi connectivity index (χ0) is 9.61. The van der Waals surface area contributed by atoms with Crippen molar-refractivity contribution in [2.45, 2.75) is 58.9 Å². The second-order valence-corrected chi connectivity index (χ2v) is 4.36. The average Bonchev–Trinajstić information content (AvgIpc) is 2.06. The van der Waals surface area contributed by atoms with Crippen LogP contribution in [0.2, 0.25) is 0 Å². The summed E-state index contributed by atoms with van der Waals surface area (Å²) in [5.41, 5.74) is 0.322. The molecule has 12 heavy (non-hydrogen) atoms. The van der Waals surface area contributed by atoms with E-state index in [0.29, 0.717) is 5.54 Å². The van der Waals surface area contributed by atoms with Gasteiger partial charge in [-0.3, -0.25) is 0 Å². The summed E-state index contributed by atoms with van der Waals surface area (Å²) in [7, 11) is 2.05. The minimum absolute atomic E-state index is 0.322. The van der Waals surface area contributed by atoms with Gasteiger partial charge in [0.1, 0.15) is 0 Å². The van der Waals surface area contributed by atoms with Gasteiger partial charge in [-0.25, -0.2) is 0 Å². The fraction of sp³-hybridized carbons (Fsp3) is 1.00. The Hall–Kier alpha value is -0.0400. The van der Waals surface area contributed by atoms with E-state index in [-0.39, 0.29) is 0 Å². The first-order valence-electron chi connectivity index (χ1n) is 5.24. The third-order valence-electron chi connectivity index (χ3n) is 3.01. The van der Waals surface area contributed by atoms with Gasteiger partial charge in [-0.05, 0) is 39.7 Å². The van der Waals surface area contributed by atoms with Gasteiger partial charge in [0.2, 0.25) is 0 Å². The van der Waals surface area contributed by atoms with E-state index in [1.807, 2.05) is 7.05 Å². The number of hydrogen-bond acceptors (Lipinski definition) is 1. The molecular weight excluding hydrogens is 146 g/mol. The van der Waals surface area contributed by atoms with Gasteiger partial charge in [-0.1, -0.05) is 26.7 Å². The van der Waals surface area contributed by atoms with Gasteiger partial charge in [-0.15, -0.1) is 0 Å². The van der Waals surface area contributed by atoms with Crippen LogP contribution in [0.4, 0.5) is 0 Å². The van der Waals surface area contributed by atoms with Crippen molar-refractivity contribution in [3.63, 3.8) is 0 Å². The molecule has 1 heteroatoms. The first-order chi connectivity index (χ1) is 5.55. The summed E-state index contributed by atoms with van der Waals surface area (Å²) in [6.07, 6.45) is 5.31. The fourth-order valence-electron chi connectivity index (χ4n) is 1.39. The first-order valence-corrected chi connectivity index (χ1v) is 5.24. The molecule has 0 fully saturated rings. The molecule has 0 aromatic carbocycles. The Morgan fingerprint density at radius 1 is 1.17 bits per heavy atom. The number of rotatable bonds is 6. The summed E-state index contributed by atoms with van der Waals surface area (Å²) in [6.45, 7) is 9.13. The second kappa shape index (κ2) is 5.58. The van der Waals surface area contributed by atoms with Gasteiger partial charge in [0.15, 0.2) is 0 Å². The average molecular weight is 171 g/mol. The highest BCUT2D eigenvalue weighted by Crippen LogP contribution is 2.20. The summed E-state index contributed by atoms with van der Waals surface area (Å²) in [5.74, 6) is 0.928. The Morgan fingerprint density at radius 2 is 1.67 bits per heavy atom. The second-order valence-electron chi connectivity index (χ2n) is 4.36. The molecule has 1 nitrogen and oxygen atoms in total. The van der Waals surface area contributed by atoms with Gasteiger partial charge in [-0.2, -0.15) is 0 Å². The van der Waals surface area contributed by atoms with Crippen LogP contribution in [0.5, 0.6) is 0 Å². The molecule has 0 aliphatic carbocycles. The van der Waals surface area contributed by atoms with E-state index in [4.69, 9.17) is 0 Å². The van der Waals surface area contributed by atoms with E-state index in [1.165, 1.54) is 25.7 Å². The van der Waals surface area contributed by atoms with Crippen LogP contribution in [0.1, 0.15) is 53.4 Å². The highest BCUT2D eigenvalue weighted by molar-refractivity contribution is 4.76. The third-order valence-corrected chi connectivity index (χ3v) is 3.01. The number of hydrogen-bond donors (Lipinski definition) is 1.